The molecule has 17 heavy (non-hydrogen) atoms. The van der Waals surface area contributed by atoms with Crippen molar-refractivity contribution in [2.24, 2.45) is 5.92 Å². The zero-order chi connectivity index (χ0) is 11.7. The second-order valence-corrected chi connectivity index (χ2v) is 5.66. The maximum absolute atomic E-state index is 4.37. The SMILES string of the molecule is CCC1CCC(n2cncc2C2CNC2)CC1. The van der Waals surface area contributed by atoms with Gasteiger partial charge in [0.05, 0.1) is 6.33 Å². The number of nitrogens with zero attached hydrogens (tertiary/aromatic N) is 2. The second-order valence-electron chi connectivity index (χ2n) is 5.66. The molecule has 0 atom stereocenters. The zero-order valence-electron chi connectivity index (χ0n) is 10.7. The van der Waals surface area contributed by atoms with E-state index in [0.717, 1.165) is 25.0 Å². The van der Waals surface area contributed by atoms with Gasteiger partial charge in [-0.25, -0.2) is 4.98 Å². The monoisotopic (exact) mass is 233 g/mol. The van der Waals surface area contributed by atoms with Crippen LogP contribution in [0.4, 0.5) is 0 Å². The van der Waals surface area contributed by atoms with Crippen molar-refractivity contribution in [1.29, 1.82) is 0 Å². The van der Waals surface area contributed by atoms with Gasteiger partial charge in [0, 0.05) is 36.9 Å². The van der Waals surface area contributed by atoms with Crippen LogP contribution in [0.3, 0.4) is 0 Å². The van der Waals surface area contributed by atoms with Gasteiger partial charge in [-0.05, 0) is 31.6 Å². The molecule has 1 saturated carbocycles. The highest BCUT2D eigenvalue weighted by Gasteiger charge is 2.27. The molecule has 0 spiro atoms. The number of hydrogen-bond acceptors (Lipinski definition) is 2. The fraction of sp³-hybridized carbons (Fsp3) is 0.786. The molecule has 1 aromatic heterocycles. The lowest BCUT2D eigenvalue weighted by molar-refractivity contribution is 0.260. The van der Waals surface area contributed by atoms with E-state index in [2.05, 4.69) is 34.3 Å². The molecule has 0 aromatic carbocycles. The van der Waals surface area contributed by atoms with Crippen molar-refractivity contribution in [3.63, 3.8) is 0 Å². The van der Waals surface area contributed by atoms with Crippen LogP contribution in [0.1, 0.15) is 56.7 Å². The van der Waals surface area contributed by atoms with E-state index >= 15 is 0 Å². The molecular weight excluding hydrogens is 210 g/mol. The molecule has 1 N–H and O–H groups in total. The summed E-state index contributed by atoms with van der Waals surface area (Å²) in [6.07, 6.45) is 11.0. The second kappa shape index (κ2) is 4.81. The first kappa shape index (κ1) is 11.3. The molecule has 3 heteroatoms. The number of nitrogens with one attached hydrogen (secondary N) is 1. The Kier molecular flexibility index (Phi) is 3.19. The summed E-state index contributed by atoms with van der Waals surface area (Å²) >= 11 is 0. The van der Waals surface area contributed by atoms with Crippen LogP contribution in [0.15, 0.2) is 12.5 Å². The van der Waals surface area contributed by atoms with Crippen LogP contribution >= 0.6 is 0 Å². The zero-order valence-corrected chi connectivity index (χ0v) is 10.7. The Morgan fingerprint density at radius 1 is 1.29 bits per heavy atom. The van der Waals surface area contributed by atoms with Gasteiger partial charge >= 0.3 is 0 Å². The first-order chi connectivity index (χ1) is 8.38. The van der Waals surface area contributed by atoms with E-state index in [9.17, 15) is 0 Å². The van der Waals surface area contributed by atoms with Gasteiger partial charge in [0.2, 0.25) is 0 Å². The van der Waals surface area contributed by atoms with E-state index in [1.165, 1.54) is 37.8 Å². The van der Waals surface area contributed by atoms with Crippen molar-refractivity contribution in [3.05, 3.63) is 18.2 Å². The predicted molar refractivity (Wildman–Crippen MR) is 69.1 cm³/mol. The third-order valence-corrected chi connectivity index (χ3v) is 4.68. The summed E-state index contributed by atoms with van der Waals surface area (Å²) in [5.74, 6) is 1.69. The lowest BCUT2D eigenvalue weighted by atomic mass is 9.84. The molecule has 0 unspecified atom stereocenters. The lowest BCUT2D eigenvalue weighted by Gasteiger charge is -2.33. The van der Waals surface area contributed by atoms with E-state index in [1.807, 2.05) is 0 Å². The molecule has 1 saturated heterocycles. The average Bonchev–Trinajstić information content (AvgIpc) is 2.76. The Morgan fingerprint density at radius 3 is 2.65 bits per heavy atom. The van der Waals surface area contributed by atoms with E-state index in [1.54, 1.807) is 0 Å². The van der Waals surface area contributed by atoms with Gasteiger partial charge in [0.1, 0.15) is 0 Å². The van der Waals surface area contributed by atoms with Crippen molar-refractivity contribution < 1.29 is 0 Å². The molecule has 1 aliphatic heterocycles. The third-order valence-electron chi connectivity index (χ3n) is 4.68. The van der Waals surface area contributed by atoms with Crippen molar-refractivity contribution in [3.8, 4) is 0 Å². The van der Waals surface area contributed by atoms with Crippen molar-refractivity contribution >= 4 is 0 Å². The molecule has 0 bridgehead atoms. The Hall–Kier alpha value is -0.830. The maximum Gasteiger partial charge on any atom is 0.0950 e. The van der Waals surface area contributed by atoms with Crippen LogP contribution in [0.2, 0.25) is 0 Å². The van der Waals surface area contributed by atoms with Crippen LogP contribution < -0.4 is 5.32 Å². The Morgan fingerprint density at radius 2 is 2.06 bits per heavy atom. The summed E-state index contributed by atoms with van der Waals surface area (Å²) < 4.78 is 2.47. The number of rotatable bonds is 3. The van der Waals surface area contributed by atoms with Crippen molar-refractivity contribution in [2.45, 2.75) is 51.0 Å². The summed E-state index contributed by atoms with van der Waals surface area (Å²) in [7, 11) is 0. The number of aromatic nitrogens is 2. The Labute approximate surface area is 104 Å². The van der Waals surface area contributed by atoms with Gasteiger partial charge in [-0.3, -0.25) is 0 Å². The molecule has 0 amide bonds. The highest BCUT2D eigenvalue weighted by Crippen LogP contribution is 2.35. The molecule has 3 rings (SSSR count). The van der Waals surface area contributed by atoms with Gasteiger partial charge in [-0.2, -0.15) is 0 Å². The highest BCUT2D eigenvalue weighted by atomic mass is 15.1. The van der Waals surface area contributed by atoms with Crippen LogP contribution in [0.5, 0.6) is 0 Å². The normalized spacial score (nSPS) is 30.2. The molecule has 1 aliphatic carbocycles. The first-order valence-electron chi connectivity index (χ1n) is 7.11. The lowest BCUT2D eigenvalue weighted by Crippen LogP contribution is -2.41. The summed E-state index contributed by atoms with van der Waals surface area (Å²) in [6, 6.07) is 0.718. The van der Waals surface area contributed by atoms with E-state index in [-0.39, 0.29) is 0 Å². The predicted octanol–water partition coefficient (Wildman–Crippen LogP) is 2.71. The molecule has 0 radical (unpaired) electrons. The van der Waals surface area contributed by atoms with E-state index in [4.69, 9.17) is 0 Å². The molecular formula is C14H23N3. The largest absolute Gasteiger partial charge is 0.331 e. The molecule has 2 heterocycles. The minimum absolute atomic E-state index is 0.710. The van der Waals surface area contributed by atoms with Crippen molar-refractivity contribution in [2.75, 3.05) is 13.1 Å². The molecule has 1 aromatic rings. The van der Waals surface area contributed by atoms with Crippen LogP contribution in [0.25, 0.3) is 0 Å². The van der Waals surface area contributed by atoms with Gasteiger partial charge in [-0.1, -0.05) is 13.3 Å². The third kappa shape index (κ3) is 2.13. The van der Waals surface area contributed by atoms with Crippen LogP contribution in [0, 0.1) is 5.92 Å². The smallest absolute Gasteiger partial charge is 0.0950 e. The van der Waals surface area contributed by atoms with Gasteiger partial charge < -0.3 is 9.88 Å². The average molecular weight is 233 g/mol. The summed E-state index contributed by atoms with van der Waals surface area (Å²) in [5, 5.41) is 3.35. The minimum atomic E-state index is 0.710. The number of hydrogen-bond donors (Lipinski definition) is 1. The van der Waals surface area contributed by atoms with Gasteiger partial charge in [0.15, 0.2) is 0 Å². The minimum Gasteiger partial charge on any atom is -0.331 e. The fourth-order valence-electron chi connectivity index (χ4n) is 3.27. The highest BCUT2D eigenvalue weighted by molar-refractivity contribution is 5.13. The Balaban J connectivity index is 1.69. The van der Waals surface area contributed by atoms with Gasteiger partial charge in [-0.15, -0.1) is 0 Å². The fourth-order valence-corrected chi connectivity index (χ4v) is 3.27. The molecule has 2 aliphatic rings. The van der Waals surface area contributed by atoms with Crippen LogP contribution in [-0.2, 0) is 0 Å². The molecule has 3 nitrogen and oxygen atoms in total. The quantitative estimate of drug-likeness (QED) is 0.870. The summed E-state index contributed by atoms with van der Waals surface area (Å²) in [5.41, 5.74) is 1.46. The maximum atomic E-state index is 4.37. The summed E-state index contributed by atoms with van der Waals surface area (Å²) in [4.78, 5) is 4.37. The summed E-state index contributed by atoms with van der Waals surface area (Å²) in [6.45, 7) is 4.60. The Bertz CT molecular complexity index is 359. The first-order valence-corrected chi connectivity index (χ1v) is 7.11. The topological polar surface area (TPSA) is 29.9 Å². The van der Waals surface area contributed by atoms with Gasteiger partial charge in [0.25, 0.3) is 0 Å². The van der Waals surface area contributed by atoms with Crippen molar-refractivity contribution in [1.82, 2.24) is 14.9 Å². The molecule has 94 valence electrons. The van der Waals surface area contributed by atoms with Crippen LogP contribution in [-0.4, -0.2) is 22.6 Å². The molecule has 2 fully saturated rings. The number of imidazole rings is 1. The van der Waals surface area contributed by atoms with E-state index < -0.39 is 0 Å². The standard InChI is InChI=1S/C14H23N3/c1-2-11-3-5-13(6-4-11)17-10-16-9-14(17)12-7-15-8-12/h9-13,15H,2-8H2,1H3. The van der Waals surface area contributed by atoms with E-state index in [0.29, 0.717) is 5.92 Å².